The lowest BCUT2D eigenvalue weighted by molar-refractivity contribution is -0.119. The van der Waals surface area contributed by atoms with Crippen LogP contribution in [0.1, 0.15) is 36.0 Å². The second-order valence-corrected chi connectivity index (χ2v) is 8.94. The Kier molecular flexibility index (Phi) is 6.23. The van der Waals surface area contributed by atoms with Crippen LogP contribution in [0, 0.1) is 12.8 Å². The van der Waals surface area contributed by atoms with Crippen molar-refractivity contribution in [3.8, 4) is 5.75 Å². The maximum Gasteiger partial charge on any atom is 0.248 e. The zero-order valence-electron chi connectivity index (χ0n) is 18.8. The van der Waals surface area contributed by atoms with Crippen molar-refractivity contribution in [3.63, 3.8) is 0 Å². The lowest BCUT2D eigenvalue weighted by Gasteiger charge is -2.33. The van der Waals surface area contributed by atoms with E-state index in [1.54, 1.807) is 5.01 Å². The van der Waals surface area contributed by atoms with Gasteiger partial charge in [0.1, 0.15) is 5.75 Å². The van der Waals surface area contributed by atoms with Crippen LogP contribution in [-0.4, -0.2) is 56.0 Å². The molecular weight excluding hydrogens is 402 g/mol. The molecule has 1 atom stereocenters. The van der Waals surface area contributed by atoms with E-state index in [4.69, 9.17) is 14.6 Å². The number of anilines is 1. The number of fused-ring (bicyclic) bond motifs is 3. The molecule has 5 rings (SSSR count). The van der Waals surface area contributed by atoms with Crippen molar-refractivity contribution in [3.05, 3.63) is 59.2 Å². The highest BCUT2D eigenvalue weighted by atomic mass is 16.5. The van der Waals surface area contributed by atoms with E-state index < -0.39 is 0 Å². The van der Waals surface area contributed by atoms with Gasteiger partial charge in [-0.2, -0.15) is 5.10 Å². The first-order valence-electron chi connectivity index (χ1n) is 11.7. The van der Waals surface area contributed by atoms with Crippen LogP contribution in [0.3, 0.4) is 0 Å². The van der Waals surface area contributed by atoms with Gasteiger partial charge in [-0.25, -0.2) is 5.01 Å². The maximum absolute atomic E-state index is 12.8. The SMILES string of the molecule is Cc1cccc(N2N=C3c4ccc(OCCCN5CCOCC5)cc4CCC3CC2=O)c1. The number of carbonyl (C=O) groups is 1. The number of morpholine rings is 1. The lowest BCUT2D eigenvalue weighted by Crippen LogP contribution is -2.39. The van der Waals surface area contributed by atoms with E-state index in [0.717, 1.165) is 87.0 Å². The Bertz CT molecular complexity index is 1010. The fourth-order valence-electron chi connectivity index (χ4n) is 4.86. The number of hydrogen-bond donors (Lipinski definition) is 0. The van der Waals surface area contributed by atoms with Gasteiger partial charge in [-0.3, -0.25) is 9.69 Å². The molecule has 168 valence electrons. The van der Waals surface area contributed by atoms with Gasteiger partial charge in [0.2, 0.25) is 5.91 Å². The molecule has 32 heavy (non-hydrogen) atoms. The summed E-state index contributed by atoms with van der Waals surface area (Å²) in [5, 5.41) is 6.43. The molecule has 0 radical (unpaired) electrons. The van der Waals surface area contributed by atoms with Crippen LogP contribution in [0.25, 0.3) is 0 Å². The molecule has 1 fully saturated rings. The van der Waals surface area contributed by atoms with Crippen molar-refractivity contribution in [1.82, 2.24) is 4.90 Å². The van der Waals surface area contributed by atoms with Crippen LogP contribution in [-0.2, 0) is 16.0 Å². The average molecular weight is 434 g/mol. The third kappa shape index (κ3) is 4.57. The molecule has 1 saturated heterocycles. The van der Waals surface area contributed by atoms with Crippen molar-refractivity contribution < 1.29 is 14.3 Å². The van der Waals surface area contributed by atoms with E-state index in [1.807, 2.05) is 37.3 Å². The fraction of sp³-hybridized carbons (Fsp3) is 0.462. The molecule has 2 aromatic rings. The first-order valence-corrected chi connectivity index (χ1v) is 11.7. The molecule has 2 aromatic carbocycles. The normalized spacial score (nSPS) is 21.0. The molecule has 0 aromatic heterocycles. The Hall–Kier alpha value is -2.70. The third-order valence-corrected chi connectivity index (χ3v) is 6.60. The number of hydrazone groups is 1. The Balaban J connectivity index is 1.28. The van der Waals surface area contributed by atoms with Crippen molar-refractivity contribution >= 4 is 17.3 Å². The minimum Gasteiger partial charge on any atom is -0.494 e. The van der Waals surface area contributed by atoms with Crippen LogP contribution in [0.4, 0.5) is 5.69 Å². The van der Waals surface area contributed by atoms with Crippen molar-refractivity contribution in [2.75, 3.05) is 44.5 Å². The number of amides is 1. The molecule has 1 aliphatic carbocycles. The lowest BCUT2D eigenvalue weighted by atomic mass is 9.79. The van der Waals surface area contributed by atoms with Gasteiger partial charge in [-0.1, -0.05) is 12.1 Å². The highest BCUT2D eigenvalue weighted by molar-refractivity contribution is 6.11. The molecule has 3 aliphatic rings. The van der Waals surface area contributed by atoms with E-state index in [0.29, 0.717) is 6.42 Å². The zero-order valence-corrected chi connectivity index (χ0v) is 18.8. The van der Waals surface area contributed by atoms with Gasteiger partial charge in [0.15, 0.2) is 0 Å². The predicted molar refractivity (Wildman–Crippen MR) is 125 cm³/mol. The third-order valence-electron chi connectivity index (χ3n) is 6.60. The van der Waals surface area contributed by atoms with E-state index >= 15 is 0 Å². The summed E-state index contributed by atoms with van der Waals surface area (Å²) < 4.78 is 11.5. The Morgan fingerprint density at radius 1 is 1.16 bits per heavy atom. The second-order valence-electron chi connectivity index (χ2n) is 8.94. The monoisotopic (exact) mass is 433 g/mol. The quantitative estimate of drug-likeness (QED) is 0.651. The summed E-state index contributed by atoms with van der Waals surface area (Å²) in [4.78, 5) is 15.2. The molecule has 2 heterocycles. The Morgan fingerprint density at radius 3 is 2.88 bits per heavy atom. The molecule has 0 saturated carbocycles. The molecule has 0 spiro atoms. The van der Waals surface area contributed by atoms with Gasteiger partial charge in [0, 0.05) is 37.5 Å². The summed E-state index contributed by atoms with van der Waals surface area (Å²) in [6, 6.07) is 14.3. The summed E-state index contributed by atoms with van der Waals surface area (Å²) in [6.45, 7) is 7.51. The maximum atomic E-state index is 12.8. The second kappa shape index (κ2) is 9.43. The van der Waals surface area contributed by atoms with E-state index in [2.05, 4.69) is 17.0 Å². The van der Waals surface area contributed by atoms with Crippen LogP contribution in [0.5, 0.6) is 5.75 Å². The summed E-state index contributed by atoms with van der Waals surface area (Å²) in [5.74, 6) is 1.21. The van der Waals surface area contributed by atoms with Crippen molar-refractivity contribution in [2.24, 2.45) is 11.0 Å². The van der Waals surface area contributed by atoms with Crippen LogP contribution in [0.15, 0.2) is 47.6 Å². The van der Waals surface area contributed by atoms with E-state index in [9.17, 15) is 4.79 Å². The molecule has 6 nitrogen and oxygen atoms in total. The number of carbonyl (C=O) groups excluding carboxylic acids is 1. The fourth-order valence-corrected chi connectivity index (χ4v) is 4.86. The number of ether oxygens (including phenoxy) is 2. The predicted octanol–water partition coefficient (Wildman–Crippen LogP) is 3.80. The Morgan fingerprint density at radius 2 is 2.03 bits per heavy atom. The first kappa shape index (κ1) is 21.2. The van der Waals surface area contributed by atoms with Gasteiger partial charge in [0.05, 0.1) is 31.2 Å². The van der Waals surface area contributed by atoms with E-state index in [1.165, 1.54) is 5.56 Å². The number of rotatable bonds is 6. The molecule has 6 heteroatoms. The number of aryl methyl sites for hydroxylation is 2. The van der Waals surface area contributed by atoms with E-state index in [-0.39, 0.29) is 11.8 Å². The first-order chi connectivity index (χ1) is 15.7. The number of hydrogen-bond acceptors (Lipinski definition) is 5. The summed E-state index contributed by atoms with van der Waals surface area (Å²) >= 11 is 0. The smallest absolute Gasteiger partial charge is 0.248 e. The molecule has 0 bridgehead atoms. The summed E-state index contributed by atoms with van der Waals surface area (Å²) in [5.41, 5.74) is 5.42. The van der Waals surface area contributed by atoms with Gasteiger partial charge >= 0.3 is 0 Å². The summed E-state index contributed by atoms with van der Waals surface area (Å²) in [7, 11) is 0. The Labute approximate surface area is 189 Å². The van der Waals surface area contributed by atoms with Crippen LogP contribution < -0.4 is 9.75 Å². The molecule has 2 aliphatic heterocycles. The van der Waals surface area contributed by atoms with Gasteiger partial charge in [-0.15, -0.1) is 0 Å². The largest absolute Gasteiger partial charge is 0.494 e. The average Bonchev–Trinajstić information content (AvgIpc) is 2.82. The molecule has 1 amide bonds. The minimum atomic E-state index is 0.0769. The summed E-state index contributed by atoms with van der Waals surface area (Å²) in [6.07, 6.45) is 3.45. The van der Waals surface area contributed by atoms with Crippen molar-refractivity contribution in [1.29, 1.82) is 0 Å². The van der Waals surface area contributed by atoms with Gasteiger partial charge in [0.25, 0.3) is 0 Å². The van der Waals surface area contributed by atoms with Crippen molar-refractivity contribution in [2.45, 2.75) is 32.6 Å². The molecular formula is C26H31N3O3. The zero-order chi connectivity index (χ0) is 21.9. The standard InChI is InChI=1S/C26H31N3O3/c1-19-4-2-5-22(16-19)29-25(30)18-21-7-6-20-17-23(8-9-24(20)26(21)27-29)32-13-3-10-28-11-14-31-15-12-28/h2,4-5,8-9,16-17,21H,3,6-7,10-15,18H2,1H3. The van der Waals surface area contributed by atoms with Gasteiger partial charge < -0.3 is 9.47 Å². The number of nitrogens with zero attached hydrogens (tertiary/aromatic N) is 3. The number of benzene rings is 2. The van der Waals surface area contributed by atoms with Crippen LogP contribution in [0.2, 0.25) is 0 Å². The molecule has 0 N–H and O–H groups in total. The highest BCUT2D eigenvalue weighted by Crippen LogP contribution is 2.35. The van der Waals surface area contributed by atoms with Gasteiger partial charge in [-0.05, 0) is 67.6 Å². The highest BCUT2D eigenvalue weighted by Gasteiger charge is 2.34. The van der Waals surface area contributed by atoms with Crippen LogP contribution >= 0.6 is 0 Å². The topological polar surface area (TPSA) is 54.4 Å². The minimum absolute atomic E-state index is 0.0769. The molecule has 1 unspecified atom stereocenters.